The Bertz CT molecular complexity index is 928. The fourth-order valence-corrected chi connectivity index (χ4v) is 4.10. The van der Waals surface area contributed by atoms with Crippen LogP contribution < -0.4 is 4.90 Å². The normalized spacial score (nSPS) is 16.4. The number of esters is 1. The maximum Gasteiger partial charge on any atom is 0.305 e. The summed E-state index contributed by atoms with van der Waals surface area (Å²) >= 11 is 0. The molecule has 29 heavy (non-hydrogen) atoms. The van der Waals surface area contributed by atoms with Crippen LogP contribution in [0.15, 0.2) is 47.6 Å². The fourth-order valence-electron chi connectivity index (χ4n) is 4.10. The Morgan fingerprint density at radius 3 is 2.62 bits per heavy atom. The van der Waals surface area contributed by atoms with Crippen molar-refractivity contribution < 1.29 is 14.1 Å². The molecule has 0 aliphatic heterocycles. The molecule has 4 nitrogen and oxygen atoms in total. The maximum atomic E-state index is 11.6. The molecule has 0 saturated heterocycles. The molecule has 0 radical (unpaired) electrons. The van der Waals surface area contributed by atoms with Gasteiger partial charge < -0.3 is 9.64 Å². The number of rotatable bonds is 6. The molecule has 3 rings (SSSR count). The zero-order valence-electron chi connectivity index (χ0n) is 18.6. The second-order valence-corrected chi connectivity index (χ2v) is 8.54. The van der Waals surface area contributed by atoms with Crippen LogP contribution in [0.4, 0.5) is 5.69 Å². The van der Waals surface area contributed by atoms with Gasteiger partial charge in [0.25, 0.3) is 0 Å². The van der Waals surface area contributed by atoms with Gasteiger partial charge >= 0.3 is 5.97 Å². The number of carbonyl (C=O) groups is 1. The monoisotopic (exact) mass is 393 g/mol. The summed E-state index contributed by atoms with van der Waals surface area (Å²) in [6.45, 7) is 7.72. The number of ether oxygens (including phenoxy) is 1. The molecule has 0 saturated carbocycles. The van der Waals surface area contributed by atoms with Crippen molar-refractivity contribution in [3.05, 3.63) is 58.7 Å². The minimum absolute atomic E-state index is 0.0492. The molecule has 0 spiro atoms. The van der Waals surface area contributed by atoms with Crippen LogP contribution in [0.5, 0.6) is 0 Å². The highest BCUT2D eigenvalue weighted by Gasteiger charge is 2.34. The molecule has 0 atom stereocenters. The highest BCUT2D eigenvalue weighted by atomic mass is 16.5. The number of carbonyl (C=O) groups excluding carboxylic acids is 1. The van der Waals surface area contributed by atoms with Crippen LogP contribution >= 0.6 is 0 Å². The van der Waals surface area contributed by atoms with E-state index in [-0.39, 0.29) is 11.4 Å². The predicted molar refractivity (Wildman–Crippen MR) is 121 cm³/mol. The molecule has 2 aliphatic rings. The Hall–Kier alpha value is -2.62. The molecule has 0 heterocycles. The quantitative estimate of drug-likeness (QED) is 0.532. The summed E-state index contributed by atoms with van der Waals surface area (Å²) in [5.74, 6) is -0.116. The van der Waals surface area contributed by atoms with Crippen molar-refractivity contribution in [2.24, 2.45) is 0 Å². The fraction of sp³-hybridized carbons (Fsp3) is 0.440. The summed E-state index contributed by atoms with van der Waals surface area (Å²) in [6, 6.07) is 6.72. The minimum Gasteiger partial charge on any atom is -0.466 e. The van der Waals surface area contributed by atoms with Gasteiger partial charge in [0.1, 0.15) is 14.1 Å². The van der Waals surface area contributed by atoms with Crippen LogP contribution in [0.25, 0.3) is 6.08 Å². The van der Waals surface area contributed by atoms with E-state index < -0.39 is 0 Å². The second kappa shape index (κ2) is 8.40. The Morgan fingerprint density at radius 1 is 1.17 bits per heavy atom. The molecule has 0 N–H and O–H groups in total. The van der Waals surface area contributed by atoms with Gasteiger partial charge in [0.05, 0.1) is 6.61 Å². The van der Waals surface area contributed by atoms with E-state index in [1.165, 1.54) is 33.7 Å². The lowest BCUT2D eigenvalue weighted by atomic mass is 9.67. The third-order valence-corrected chi connectivity index (χ3v) is 5.87. The van der Waals surface area contributed by atoms with Gasteiger partial charge in [-0.15, -0.1) is 0 Å². The number of hydrogen-bond donors (Lipinski definition) is 0. The third-order valence-electron chi connectivity index (χ3n) is 5.87. The van der Waals surface area contributed by atoms with Crippen molar-refractivity contribution in [1.82, 2.24) is 0 Å². The number of anilines is 1. The van der Waals surface area contributed by atoms with E-state index in [0.717, 1.165) is 13.0 Å². The Labute approximate surface area is 174 Å². The third kappa shape index (κ3) is 4.36. The summed E-state index contributed by atoms with van der Waals surface area (Å²) in [4.78, 5) is 13.8. The Balaban J connectivity index is 1.83. The van der Waals surface area contributed by atoms with E-state index in [1.807, 2.05) is 6.92 Å². The van der Waals surface area contributed by atoms with E-state index >= 15 is 0 Å². The van der Waals surface area contributed by atoms with Gasteiger partial charge in [-0.3, -0.25) is 4.79 Å². The Kier molecular flexibility index (Phi) is 6.11. The molecule has 0 aromatic heterocycles. The molecule has 4 heteroatoms. The first-order valence-electron chi connectivity index (χ1n) is 10.4. The summed E-state index contributed by atoms with van der Waals surface area (Å²) in [5.41, 5.74) is 7.63. The standard InChI is InChI=1S/C25H33N2O2/c1-7-29-24(28)9-8-14-27(6)21-12-13-22-19(16-21)15-18-10-11-20(26(4)5)17-23(18)25(22,2)3/h10-13,15-17H,7-9,14H2,1-6H3/q+1. The molecule has 0 bridgehead atoms. The topological polar surface area (TPSA) is 32.5 Å². The lowest BCUT2D eigenvalue weighted by Crippen LogP contribution is -2.29. The summed E-state index contributed by atoms with van der Waals surface area (Å²) in [6.07, 6.45) is 10.3. The van der Waals surface area contributed by atoms with Crippen LogP contribution in [0.1, 0.15) is 44.7 Å². The molecule has 0 amide bonds. The first-order valence-corrected chi connectivity index (χ1v) is 10.4. The summed E-state index contributed by atoms with van der Waals surface area (Å²) in [5, 5.41) is 0. The highest BCUT2D eigenvalue weighted by Crippen LogP contribution is 2.45. The molecule has 0 fully saturated rings. The molecule has 0 unspecified atom stereocenters. The Morgan fingerprint density at radius 2 is 1.93 bits per heavy atom. The lowest BCUT2D eigenvalue weighted by molar-refractivity contribution is -0.462. The zero-order chi connectivity index (χ0) is 21.2. The number of hydrogen-bond acceptors (Lipinski definition) is 3. The minimum atomic E-state index is -0.116. The summed E-state index contributed by atoms with van der Waals surface area (Å²) < 4.78 is 7.17. The van der Waals surface area contributed by atoms with Crippen LogP contribution in [0.3, 0.4) is 0 Å². The average molecular weight is 394 g/mol. The number of nitrogens with zero attached hydrogens (tertiary/aromatic N) is 2. The van der Waals surface area contributed by atoms with Crippen LogP contribution in [-0.2, 0) is 14.9 Å². The maximum absolute atomic E-state index is 11.6. The van der Waals surface area contributed by atoms with Crippen molar-refractivity contribution in [3.8, 4) is 0 Å². The van der Waals surface area contributed by atoms with Gasteiger partial charge in [-0.05, 0) is 59.9 Å². The summed E-state index contributed by atoms with van der Waals surface area (Å²) in [7, 11) is 6.25. The highest BCUT2D eigenvalue weighted by molar-refractivity contribution is 6.04. The van der Waals surface area contributed by atoms with Crippen molar-refractivity contribution in [2.45, 2.75) is 39.0 Å². The SMILES string of the molecule is CCOC(=O)CCCN(C)c1ccc2c(c1)C=C1C=CC(=[N+](C)C)C=C1C2(C)C. The van der Waals surface area contributed by atoms with E-state index in [0.29, 0.717) is 13.0 Å². The molecular weight excluding hydrogens is 360 g/mol. The van der Waals surface area contributed by atoms with Crippen molar-refractivity contribution in [3.63, 3.8) is 0 Å². The van der Waals surface area contributed by atoms with Crippen LogP contribution in [0, 0.1) is 0 Å². The molecule has 1 aromatic rings. The predicted octanol–water partition coefficient (Wildman–Crippen LogP) is 4.35. The number of benzene rings is 1. The van der Waals surface area contributed by atoms with Crippen LogP contribution in [0.2, 0.25) is 0 Å². The zero-order valence-corrected chi connectivity index (χ0v) is 18.6. The second-order valence-electron chi connectivity index (χ2n) is 8.54. The van der Waals surface area contributed by atoms with Gasteiger partial charge in [0.15, 0.2) is 5.71 Å². The largest absolute Gasteiger partial charge is 0.466 e. The molecule has 2 aliphatic carbocycles. The van der Waals surface area contributed by atoms with Crippen LogP contribution in [-0.4, -0.2) is 50.6 Å². The molecule has 154 valence electrons. The lowest BCUT2D eigenvalue weighted by Gasteiger charge is -2.36. The number of allylic oxidation sites excluding steroid dienone is 5. The van der Waals surface area contributed by atoms with E-state index in [4.69, 9.17) is 4.74 Å². The van der Waals surface area contributed by atoms with Gasteiger partial charge in [-0.1, -0.05) is 19.9 Å². The van der Waals surface area contributed by atoms with Crippen molar-refractivity contribution >= 4 is 23.4 Å². The molecule has 1 aromatic carbocycles. The smallest absolute Gasteiger partial charge is 0.305 e. The number of fused-ring (bicyclic) bond motifs is 2. The van der Waals surface area contributed by atoms with E-state index in [2.05, 4.69) is 87.0 Å². The first kappa shape index (κ1) is 21.1. The van der Waals surface area contributed by atoms with Gasteiger partial charge in [0.2, 0.25) is 0 Å². The first-order chi connectivity index (χ1) is 13.7. The van der Waals surface area contributed by atoms with E-state index in [1.54, 1.807) is 0 Å². The average Bonchev–Trinajstić information content (AvgIpc) is 2.67. The van der Waals surface area contributed by atoms with Crippen molar-refractivity contribution in [2.75, 3.05) is 39.2 Å². The van der Waals surface area contributed by atoms with Gasteiger partial charge in [-0.2, -0.15) is 0 Å². The van der Waals surface area contributed by atoms with Gasteiger partial charge in [0, 0.05) is 43.3 Å². The van der Waals surface area contributed by atoms with Gasteiger partial charge in [-0.25, -0.2) is 4.58 Å². The van der Waals surface area contributed by atoms with E-state index in [9.17, 15) is 4.79 Å². The molecular formula is C25H33N2O2+. The van der Waals surface area contributed by atoms with Crippen molar-refractivity contribution in [1.29, 1.82) is 0 Å².